The highest BCUT2D eigenvalue weighted by atomic mass is 32.2. The Bertz CT molecular complexity index is 537. The zero-order valence-electron chi connectivity index (χ0n) is 9.04. The Morgan fingerprint density at radius 1 is 1.25 bits per heavy atom. The number of carbonyl (C=O) groups excluding carboxylic acids is 1. The number of hydrogen-bond donors (Lipinski definition) is 0. The average molecular weight is 240 g/mol. The Labute approximate surface area is 94.5 Å². The third-order valence-electron chi connectivity index (χ3n) is 2.47. The summed E-state index contributed by atoms with van der Waals surface area (Å²) in [5, 5.41) is 0. The van der Waals surface area contributed by atoms with Crippen LogP contribution >= 0.6 is 0 Å². The summed E-state index contributed by atoms with van der Waals surface area (Å²) in [4.78, 5) is 11.7. The summed E-state index contributed by atoms with van der Waals surface area (Å²) < 4.78 is 25.8. The van der Waals surface area contributed by atoms with Gasteiger partial charge < -0.3 is 0 Å². The fourth-order valence-electron chi connectivity index (χ4n) is 1.64. The van der Waals surface area contributed by atoms with Crippen molar-refractivity contribution in [2.24, 2.45) is 0 Å². The van der Waals surface area contributed by atoms with E-state index in [1.54, 1.807) is 24.3 Å². The lowest BCUT2D eigenvalue weighted by Crippen LogP contribution is -2.41. The molecule has 0 unspecified atom stereocenters. The maximum Gasteiger partial charge on any atom is 0.310 e. The van der Waals surface area contributed by atoms with Crippen molar-refractivity contribution in [3.63, 3.8) is 0 Å². The van der Waals surface area contributed by atoms with Gasteiger partial charge in [-0.25, -0.2) is 0 Å². The Kier molecular flexibility index (Phi) is 2.47. The van der Waals surface area contributed by atoms with Crippen LogP contribution in [0.4, 0.5) is 5.69 Å². The fraction of sp³-hybridized carbons (Fsp3) is 0.300. The minimum atomic E-state index is -3.72. The second kappa shape index (κ2) is 3.57. The minimum absolute atomic E-state index is 0.142. The summed E-state index contributed by atoms with van der Waals surface area (Å²) >= 11 is 0. The van der Waals surface area contributed by atoms with Crippen LogP contribution in [0.5, 0.6) is 0 Å². The van der Waals surface area contributed by atoms with Crippen molar-refractivity contribution in [3.8, 4) is 0 Å². The largest absolute Gasteiger partial charge is 0.310 e. The van der Waals surface area contributed by atoms with Crippen LogP contribution in [0.25, 0.3) is 0 Å². The molecule has 0 fully saturated rings. The maximum absolute atomic E-state index is 11.9. The fourth-order valence-corrected chi connectivity index (χ4v) is 2.72. The summed E-state index contributed by atoms with van der Waals surface area (Å²) in [6.07, 6.45) is 0.142. The smallest absolute Gasteiger partial charge is 0.273 e. The lowest BCUT2D eigenvalue weighted by molar-refractivity contribution is -0.116. The van der Waals surface area contributed by atoms with Crippen LogP contribution in [0.2, 0.25) is 0 Å². The van der Waals surface area contributed by atoms with Gasteiger partial charge in [-0.15, -0.1) is 0 Å². The van der Waals surface area contributed by atoms with Crippen molar-refractivity contribution in [3.05, 3.63) is 29.8 Å². The van der Waals surface area contributed by atoms with Gasteiger partial charge in [-0.2, -0.15) is 17.0 Å². The highest BCUT2D eigenvalue weighted by Gasteiger charge is 2.37. The summed E-state index contributed by atoms with van der Waals surface area (Å²) in [6, 6.07) is 6.91. The van der Waals surface area contributed by atoms with Gasteiger partial charge in [-0.3, -0.25) is 4.79 Å². The summed E-state index contributed by atoms with van der Waals surface area (Å²) in [5.74, 6) is -0.408. The van der Waals surface area contributed by atoms with Gasteiger partial charge in [0.05, 0.1) is 12.1 Å². The number of amides is 1. The summed E-state index contributed by atoms with van der Waals surface area (Å²) in [7, 11) is -0.909. The van der Waals surface area contributed by atoms with E-state index in [0.29, 0.717) is 5.69 Å². The van der Waals surface area contributed by atoms with Crippen molar-refractivity contribution < 1.29 is 13.2 Å². The lowest BCUT2D eigenvalue weighted by Gasteiger charge is -2.21. The molecule has 1 amide bonds. The van der Waals surface area contributed by atoms with E-state index in [-0.39, 0.29) is 6.42 Å². The molecule has 0 spiro atoms. The number of fused-ring (bicyclic) bond motifs is 1. The summed E-state index contributed by atoms with van der Waals surface area (Å²) in [5.41, 5.74) is 1.21. The first-order valence-electron chi connectivity index (χ1n) is 4.78. The molecule has 1 aromatic rings. The average Bonchev–Trinajstić information content (AvgIpc) is 2.53. The summed E-state index contributed by atoms with van der Waals surface area (Å²) in [6.45, 7) is 0. The van der Waals surface area contributed by atoms with Crippen molar-refractivity contribution in [2.45, 2.75) is 6.42 Å². The molecule has 1 aliphatic rings. The van der Waals surface area contributed by atoms with Crippen LogP contribution in [0.1, 0.15) is 5.56 Å². The van der Waals surface area contributed by atoms with Gasteiger partial charge in [-0.05, 0) is 11.6 Å². The molecular formula is C10H12N2O3S. The van der Waals surface area contributed by atoms with Crippen molar-refractivity contribution in [1.29, 1.82) is 0 Å². The molecule has 1 aromatic carbocycles. The normalized spacial score (nSPS) is 15.7. The van der Waals surface area contributed by atoms with E-state index in [4.69, 9.17) is 0 Å². The minimum Gasteiger partial charge on any atom is -0.273 e. The third-order valence-corrected chi connectivity index (χ3v) is 4.26. The Morgan fingerprint density at radius 3 is 2.50 bits per heavy atom. The van der Waals surface area contributed by atoms with E-state index in [0.717, 1.165) is 14.2 Å². The Balaban J connectivity index is 2.56. The van der Waals surface area contributed by atoms with E-state index in [1.807, 2.05) is 0 Å². The zero-order chi connectivity index (χ0) is 11.9. The second-order valence-electron chi connectivity index (χ2n) is 3.75. The van der Waals surface area contributed by atoms with E-state index in [2.05, 4.69) is 0 Å². The number of carbonyl (C=O) groups is 1. The Hall–Kier alpha value is -1.40. The number of para-hydroxylation sites is 1. The first-order chi connectivity index (χ1) is 7.44. The molecule has 0 N–H and O–H groups in total. The molecule has 1 aliphatic heterocycles. The molecule has 0 aliphatic carbocycles. The van der Waals surface area contributed by atoms with Gasteiger partial charge in [0.2, 0.25) is 5.91 Å². The van der Waals surface area contributed by atoms with Crippen LogP contribution in [-0.4, -0.2) is 32.7 Å². The van der Waals surface area contributed by atoms with Crippen LogP contribution in [0.15, 0.2) is 24.3 Å². The molecule has 0 atom stereocenters. The highest BCUT2D eigenvalue weighted by molar-refractivity contribution is 7.91. The van der Waals surface area contributed by atoms with Gasteiger partial charge >= 0.3 is 10.2 Å². The van der Waals surface area contributed by atoms with Crippen molar-refractivity contribution in [2.75, 3.05) is 18.4 Å². The van der Waals surface area contributed by atoms with Gasteiger partial charge in [0.1, 0.15) is 0 Å². The highest BCUT2D eigenvalue weighted by Crippen LogP contribution is 2.31. The molecular weight excluding hydrogens is 228 g/mol. The molecule has 0 aromatic heterocycles. The van der Waals surface area contributed by atoms with Gasteiger partial charge in [0, 0.05) is 14.1 Å². The predicted octanol–water partition coefficient (Wildman–Crippen LogP) is 0.382. The maximum atomic E-state index is 11.9. The van der Waals surface area contributed by atoms with Crippen LogP contribution in [0, 0.1) is 0 Å². The predicted molar refractivity (Wildman–Crippen MR) is 60.2 cm³/mol. The quantitative estimate of drug-likeness (QED) is 0.751. The lowest BCUT2D eigenvalue weighted by atomic mass is 10.2. The van der Waals surface area contributed by atoms with Gasteiger partial charge in [0.25, 0.3) is 0 Å². The number of anilines is 1. The number of nitrogens with zero attached hydrogens (tertiary/aromatic N) is 2. The van der Waals surface area contributed by atoms with E-state index in [9.17, 15) is 13.2 Å². The van der Waals surface area contributed by atoms with Crippen LogP contribution in [-0.2, 0) is 21.4 Å². The van der Waals surface area contributed by atoms with Crippen LogP contribution < -0.4 is 4.31 Å². The SMILES string of the molecule is CN(C)S(=O)(=O)N1C(=O)Cc2ccccc21. The molecule has 0 bridgehead atoms. The molecule has 0 saturated carbocycles. The topological polar surface area (TPSA) is 57.7 Å². The molecule has 0 radical (unpaired) electrons. The first kappa shape index (κ1) is 11.1. The van der Waals surface area contributed by atoms with E-state index in [1.165, 1.54) is 14.1 Å². The first-order valence-corrected chi connectivity index (χ1v) is 6.18. The van der Waals surface area contributed by atoms with Gasteiger partial charge in [0.15, 0.2) is 0 Å². The molecule has 86 valence electrons. The molecule has 16 heavy (non-hydrogen) atoms. The van der Waals surface area contributed by atoms with Crippen molar-refractivity contribution in [1.82, 2.24) is 4.31 Å². The molecule has 2 rings (SSSR count). The Morgan fingerprint density at radius 2 is 1.88 bits per heavy atom. The molecule has 6 heteroatoms. The molecule has 0 saturated heterocycles. The zero-order valence-corrected chi connectivity index (χ0v) is 9.86. The van der Waals surface area contributed by atoms with Crippen molar-refractivity contribution >= 4 is 21.8 Å². The third kappa shape index (κ3) is 1.50. The van der Waals surface area contributed by atoms with E-state index >= 15 is 0 Å². The van der Waals surface area contributed by atoms with Gasteiger partial charge in [-0.1, -0.05) is 18.2 Å². The number of hydrogen-bond acceptors (Lipinski definition) is 3. The monoisotopic (exact) mass is 240 g/mol. The van der Waals surface area contributed by atoms with Crippen LogP contribution in [0.3, 0.4) is 0 Å². The standard InChI is InChI=1S/C10H12N2O3S/c1-11(2)16(14,15)12-9-6-4-3-5-8(9)7-10(12)13/h3-6H,7H2,1-2H3. The molecule has 1 heterocycles. The second-order valence-corrected chi connectivity index (χ2v) is 5.74. The van der Waals surface area contributed by atoms with E-state index < -0.39 is 16.1 Å². The molecule has 5 nitrogen and oxygen atoms in total. The number of benzene rings is 1. The number of rotatable bonds is 2.